The van der Waals surface area contributed by atoms with Gasteiger partial charge in [0.15, 0.2) is 0 Å². The van der Waals surface area contributed by atoms with Crippen molar-refractivity contribution < 1.29 is 14.0 Å². The fraction of sp³-hybridized carbons (Fsp3) is 0.625. The van der Waals surface area contributed by atoms with Crippen molar-refractivity contribution in [3.8, 4) is 5.75 Å². The van der Waals surface area contributed by atoms with Crippen LogP contribution in [0.5, 0.6) is 5.75 Å². The van der Waals surface area contributed by atoms with Crippen LogP contribution in [0.1, 0.15) is 47.5 Å². The van der Waals surface area contributed by atoms with E-state index in [2.05, 4.69) is 34.6 Å². The Morgan fingerprint density at radius 3 is 2.05 bits per heavy atom. The largest absolute Gasteiger partial charge is 0.494 e. The van der Waals surface area contributed by atoms with Crippen LogP contribution in [-0.4, -0.2) is 24.9 Å². The predicted octanol–water partition coefficient (Wildman–Crippen LogP) is 3.16. The molecule has 1 aliphatic heterocycles. The monoisotopic (exact) mass is 276 g/mol. The molecule has 1 heterocycles. The molecule has 1 aromatic rings. The zero-order valence-electron chi connectivity index (χ0n) is 13.2. The summed E-state index contributed by atoms with van der Waals surface area (Å²) < 4.78 is 17.7. The lowest BCUT2D eigenvalue weighted by Crippen LogP contribution is -2.41. The van der Waals surface area contributed by atoms with E-state index in [1.807, 2.05) is 24.3 Å². The van der Waals surface area contributed by atoms with Crippen LogP contribution < -0.4 is 10.2 Å². The molecule has 110 valence electrons. The molecule has 0 atom stereocenters. The van der Waals surface area contributed by atoms with E-state index in [0.717, 1.165) is 30.7 Å². The molecule has 1 saturated heterocycles. The summed E-state index contributed by atoms with van der Waals surface area (Å²) in [7, 11) is -0.301. The van der Waals surface area contributed by atoms with Crippen molar-refractivity contribution in [2.45, 2.75) is 58.7 Å². The highest BCUT2D eigenvalue weighted by Crippen LogP contribution is 2.36. The van der Waals surface area contributed by atoms with Gasteiger partial charge in [-0.2, -0.15) is 0 Å². The van der Waals surface area contributed by atoms with E-state index in [4.69, 9.17) is 14.0 Å². The Balaban J connectivity index is 2.01. The smallest absolute Gasteiger partial charge is 0.494 e. The van der Waals surface area contributed by atoms with Crippen LogP contribution in [0.4, 0.5) is 0 Å². The predicted molar refractivity (Wildman–Crippen MR) is 82.6 cm³/mol. The molecule has 0 spiro atoms. The number of benzene rings is 1. The number of rotatable bonds is 5. The average Bonchev–Trinajstić information content (AvgIpc) is 2.60. The second kappa shape index (κ2) is 5.78. The summed E-state index contributed by atoms with van der Waals surface area (Å²) in [5.41, 5.74) is 0.438. The fourth-order valence-corrected chi connectivity index (χ4v) is 2.03. The lowest BCUT2D eigenvalue weighted by Gasteiger charge is -2.32. The molecule has 20 heavy (non-hydrogen) atoms. The molecular weight excluding hydrogens is 251 g/mol. The van der Waals surface area contributed by atoms with Crippen LogP contribution >= 0.6 is 0 Å². The van der Waals surface area contributed by atoms with E-state index in [1.54, 1.807) is 0 Å². The summed E-state index contributed by atoms with van der Waals surface area (Å²) in [6, 6.07) is 8.00. The van der Waals surface area contributed by atoms with Gasteiger partial charge < -0.3 is 14.0 Å². The van der Waals surface area contributed by atoms with Crippen LogP contribution in [0, 0.1) is 0 Å². The maximum absolute atomic E-state index is 6.03. The minimum absolute atomic E-state index is 0.298. The maximum atomic E-state index is 6.03. The SMILES string of the molecule is CCCCOc1ccc(B2OC(C)(C)C(C)(C)O2)cc1. The second-order valence-electron chi connectivity index (χ2n) is 6.36. The molecule has 0 unspecified atom stereocenters. The first kappa shape index (κ1) is 15.4. The van der Waals surface area contributed by atoms with E-state index < -0.39 is 0 Å². The molecule has 0 bridgehead atoms. The van der Waals surface area contributed by atoms with Gasteiger partial charge in [0.2, 0.25) is 0 Å². The molecule has 3 nitrogen and oxygen atoms in total. The van der Waals surface area contributed by atoms with Gasteiger partial charge in [-0.3, -0.25) is 0 Å². The number of hydrogen-bond acceptors (Lipinski definition) is 3. The normalized spacial score (nSPS) is 20.1. The molecule has 1 fully saturated rings. The Hall–Kier alpha value is -0.995. The molecule has 0 amide bonds. The Morgan fingerprint density at radius 1 is 1.00 bits per heavy atom. The lowest BCUT2D eigenvalue weighted by molar-refractivity contribution is 0.00578. The third-order valence-electron chi connectivity index (χ3n) is 4.17. The second-order valence-corrected chi connectivity index (χ2v) is 6.36. The molecule has 0 N–H and O–H groups in total. The first-order valence-corrected chi connectivity index (χ1v) is 7.44. The third kappa shape index (κ3) is 3.18. The Kier molecular flexibility index (Phi) is 4.45. The minimum atomic E-state index is -0.301. The van der Waals surface area contributed by atoms with Crippen molar-refractivity contribution in [1.82, 2.24) is 0 Å². The van der Waals surface area contributed by atoms with Crippen LogP contribution in [0.2, 0.25) is 0 Å². The first-order chi connectivity index (χ1) is 9.36. The van der Waals surface area contributed by atoms with Gasteiger partial charge in [-0.25, -0.2) is 0 Å². The summed E-state index contributed by atoms with van der Waals surface area (Å²) in [5.74, 6) is 0.902. The van der Waals surface area contributed by atoms with Crippen LogP contribution in [0.3, 0.4) is 0 Å². The molecule has 1 aromatic carbocycles. The van der Waals surface area contributed by atoms with E-state index in [1.165, 1.54) is 0 Å². The molecule has 0 saturated carbocycles. The lowest BCUT2D eigenvalue weighted by atomic mass is 9.79. The van der Waals surface area contributed by atoms with Gasteiger partial charge in [-0.1, -0.05) is 25.5 Å². The zero-order chi connectivity index (χ0) is 14.8. The highest BCUT2D eigenvalue weighted by Gasteiger charge is 2.51. The zero-order valence-corrected chi connectivity index (χ0v) is 13.2. The van der Waals surface area contributed by atoms with Crippen LogP contribution in [-0.2, 0) is 9.31 Å². The van der Waals surface area contributed by atoms with E-state index in [-0.39, 0.29) is 18.3 Å². The number of ether oxygens (including phenoxy) is 1. The van der Waals surface area contributed by atoms with Crippen molar-refractivity contribution in [3.05, 3.63) is 24.3 Å². The Morgan fingerprint density at radius 2 is 1.55 bits per heavy atom. The summed E-state index contributed by atoms with van der Waals surface area (Å²) in [6.07, 6.45) is 2.23. The number of hydrogen-bond donors (Lipinski definition) is 0. The van der Waals surface area contributed by atoms with Gasteiger partial charge in [0.05, 0.1) is 17.8 Å². The van der Waals surface area contributed by atoms with Crippen LogP contribution in [0.15, 0.2) is 24.3 Å². The van der Waals surface area contributed by atoms with Gasteiger partial charge >= 0.3 is 7.12 Å². The van der Waals surface area contributed by atoms with Gasteiger partial charge in [-0.15, -0.1) is 0 Å². The molecule has 1 aliphatic rings. The fourth-order valence-electron chi connectivity index (χ4n) is 2.03. The van der Waals surface area contributed by atoms with Crippen LogP contribution in [0.25, 0.3) is 0 Å². The molecular formula is C16H25BO3. The summed E-state index contributed by atoms with van der Waals surface area (Å²) in [4.78, 5) is 0. The molecule has 0 aliphatic carbocycles. The van der Waals surface area contributed by atoms with Crippen molar-refractivity contribution in [2.24, 2.45) is 0 Å². The minimum Gasteiger partial charge on any atom is -0.494 e. The number of unbranched alkanes of at least 4 members (excludes halogenated alkanes) is 1. The third-order valence-corrected chi connectivity index (χ3v) is 4.17. The Bertz CT molecular complexity index is 424. The standard InChI is InChI=1S/C16H25BO3/c1-6-7-12-18-14-10-8-13(9-11-14)17-19-15(2,3)16(4,5)20-17/h8-11H,6-7,12H2,1-5H3. The Labute approximate surface area is 122 Å². The van der Waals surface area contributed by atoms with Crippen molar-refractivity contribution in [3.63, 3.8) is 0 Å². The van der Waals surface area contributed by atoms with E-state index in [9.17, 15) is 0 Å². The molecule has 0 radical (unpaired) electrons. The average molecular weight is 276 g/mol. The van der Waals surface area contributed by atoms with Crippen molar-refractivity contribution >= 4 is 12.6 Å². The van der Waals surface area contributed by atoms with Gasteiger partial charge in [0.25, 0.3) is 0 Å². The summed E-state index contributed by atoms with van der Waals surface area (Å²) in [5, 5.41) is 0. The van der Waals surface area contributed by atoms with Gasteiger partial charge in [0.1, 0.15) is 5.75 Å². The quantitative estimate of drug-likeness (QED) is 0.610. The molecule has 0 aromatic heterocycles. The van der Waals surface area contributed by atoms with E-state index >= 15 is 0 Å². The summed E-state index contributed by atoms with van der Waals surface area (Å²) in [6.45, 7) is 11.2. The maximum Gasteiger partial charge on any atom is 0.494 e. The van der Waals surface area contributed by atoms with Crippen molar-refractivity contribution in [2.75, 3.05) is 6.61 Å². The summed E-state index contributed by atoms with van der Waals surface area (Å²) >= 11 is 0. The van der Waals surface area contributed by atoms with Gasteiger partial charge in [0, 0.05) is 0 Å². The molecule has 2 rings (SSSR count). The molecule has 4 heteroatoms. The van der Waals surface area contributed by atoms with E-state index in [0.29, 0.717) is 0 Å². The van der Waals surface area contributed by atoms with Crippen molar-refractivity contribution in [1.29, 1.82) is 0 Å². The highest BCUT2D eigenvalue weighted by atomic mass is 16.7. The highest BCUT2D eigenvalue weighted by molar-refractivity contribution is 6.62. The van der Waals surface area contributed by atoms with Gasteiger partial charge in [-0.05, 0) is 51.7 Å². The first-order valence-electron chi connectivity index (χ1n) is 7.44. The topological polar surface area (TPSA) is 27.7 Å².